The topological polar surface area (TPSA) is 78.7 Å². The Morgan fingerprint density at radius 2 is 1.96 bits per heavy atom. The zero-order valence-corrected chi connectivity index (χ0v) is 17.6. The lowest BCUT2D eigenvalue weighted by atomic mass is 10.1. The average molecular weight is 409 g/mol. The van der Waals surface area contributed by atoms with Crippen molar-refractivity contribution in [2.24, 2.45) is 0 Å². The van der Waals surface area contributed by atoms with Crippen molar-refractivity contribution in [1.82, 2.24) is 9.97 Å². The fourth-order valence-electron chi connectivity index (χ4n) is 2.66. The van der Waals surface area contributed by atoms with Crippen LogP contribution in [-0.4, -0.2) is 15.9 Å². The van der Waals surface area contributed by atoms with Crippen LogP contribution >= 0.6 is 23.1 Å². The number of thiazole rings is 1. The maximum absolute atomic E-state index is 12.2. The van der Waals surface area contributed by atoms with Crippen LogP contribution in [0, 0.1) is 32.1 Å². The lowest BCUT2D eigenvalue weighted by Gasteiger charge is -2.06. The maximum Gasteiger partial charge on any atom is 0.231 e. The number of aryl methyl sites for hydroxylation is 3. The first kappa shape index (κ1) is 20.1. The van der Waals surface area contributed by atoms with Gasteiger partial charge in [-0.25, -0.2) is 9.97 Å². The Bertz CT molecular complexity index is 1040. The van der Waals surface area contributed by atoms with E-state index in [0.29, 0.717) is 11.3 Å². The van der Waals surface area contributed by atoms with Crippen LogP contribution in [0.2, 0.25) is 0 Å². The predicted molar refractivity (Wildman–Crippen MR) is 114 cm³/mol. The summed E-state index contributed by atoms with van der Waals surface area (Å²) in [5.74, 6) is 0.529. The third kappa shape index (κ3) is 5.18. The Balaban J connectivity index is 1.59. The van der Waals surface area contributed by atoms with Gasteiger partial charge in [-0.2, -0.15) is 5.26 Å². The van der Waals surface area contributed by atoms with Gasteiger partial charge >= 0.3 is 0 Å². The number of thioether (sulfide) groups is 1. The molecule has 0 saturated carbocycles. The molecule has 1 aromatic carbocycles. The van der Waals surface area contributed by atoms with Crippen LogP contribution in [0.1, 0.15) is 33.1 Å². The summed E-state index contributed by atoms with van der Waals surface area (Å²) in [6.45, 7) is 5.85. The van der Waals surface area contributed by atoms with E-state index >= 15 is 0 Å². The second-order valence-electron chi connectivity index (χ2n) is 6.48. The van der Waals surface area contributed by atoms with Crippen molar-refractivity contribution in [3.05, 3.63) is 68.8 Å². The van der Waals surface area contributed by atoms with Crippen molar-refractivity contribution >= 4 is 34.7 Å². The van der Waals surface area contributed by atoms with E-state index in [2.05, 4.69) is 21.4 Å². The molecule has 0 aliphatic rings. The molecule has 0 atom stereocenters. The minimum absolute atomic E-state index is 0.0832. The highest BCUT2D eigenvalue weighted by Crippen LogP contribution is 2.27. The van der Waals surface area contributed by atoms with Gasteiger partial charge in [0.15, 0.2) is 0 Å². The number of carbonyl (C=O) groups excluding carboxylic acids is 1. The summed E-state index contributed by atoms with van der Waals surface area (Å²) < 4.78 is 0. The molecule has 0 spiro atoms. The van der Waals surface area contributed by atoms with Crippen LogP contribution in [0.5, 0.6) is 0 Å². The van der Waals surface area contributed by atoms with Gasteiger partial charge in [-0.1, -0.05) is 29.5 Å². The van der Waals surface area contributed by atoms with E-state index in [0.717, 1.165) is 38.2 Å². The lowest BCUT2D eigenvalue weighted by molar-refractivity contribution is -0.115. The molecule has 0 aliphatic heterocycles. The molecule has 7 heteroatoms. The van der Waals surface area contributed by atoms with Gasteiger partial charge in [-0.15, -0.1) is 11.3 Å². The van der Waals surface area contributed by atoms with Crippen molar-refractivity contribution < 1.29 is 4.79 Å². The fraction of sp³-hybridized carbons (Fsp3) is 0.238. The lowest BCUT2D eigenvalue weighted by Crippen LogP contribution is -2.14. The molecular formula is C21H20N4OS2. The quantitative estimate of drug-likeness (QED) is 0.592. The number of nitrogens with one attached hydrogen (secondary N) is 1. The van der Waals surface area contributed by atoms with Gasteiger partial charge in [0.1, 0.15) is 16.1 Å². The first-order valence-electron chi connectivity index (χ1n) is 8.75. The van der Waals surface area contributed by atoms with Gasteiger partial charge in [0.25, 0.3) is 0 Å². The number of anilines is 1. The van der Waals surface area contributed by atoms with Crippen molar-refractivity contribution in [1.29, 1.82) is 5.26 Å². The van der Waals surface area contributed by atoms with Crippen molar-refractivity contribution in [3.8, 4) is 6.07 Å². The molecule has 5 nitrogen and oxygen atoms in total. The number of hydrogen-bond acceptors (Lipinski definition) is 6. The summed E-state index contributed by atoms with van der Waals surface area (Å²) in [5, 5.41) is 15.7. The molecule has 3 aromatic rings. The molecule has 0 saturated heterocycles. The van der Waals surface area contributed by atoms with Gasteiger partial charge < -0.3 is 5.32 Å². The van der Waals surface area contributed by atoms with Crippen LogP contribution in [0.4, 0.5) is 5.69 Å². The zero-order chi connectivity index (χ0) is 20.1. The summed E-state index contributed by atoms with van der Waals surface area (Å²) in [6, 6.07) is 11.8. The standard InChI is InChI=1S/C21H20N4OS2/c1-13-4-6-16(7-5-13)24-19(26)9-20-25-17(11-27-20)12-28-21-18(10-22)14(2)8-15(3)23-21/h4-8,11H,9,12H2,1-3H3,(H,24,26). The normalized spacial score (nSPS) is 10.5. The van der Waals surface area contributed by atoms with E-state index in [1.807, 2.05) is 56.5 Å². The second-order valence-corrected chi connectivity index (χ2v) is 8.39. The third-order valence-electron chi connectivity index (χ3n) is 4.03. The number of hydrogen-bond donors (Lipinski definition) is 1. The van der Waals surface area contributed by atoms with Crippen molar-refractivity contribution in [3.63, 3.8) is 0 Å². The number of nitrogens with zero attached hydrogens (tertiary/aromatic N) is 3. The number of rotatable bonds is 6. The number of benzene rings is 1. The van der Waals surface area contributed by atoms with Crippen LogP contribution in [0.3, 0.4) is 0 Å². The first-order chi connectivity index (χ1) is 13.4. The molecule has 28 heavy (non-hydrogen) atoms. The van der Waals surface area contributed by atoms with Crippen LogP contribution < -0.4 is 5.32 Å². The molecule has 0 bridgehead atoms. The van der Waals surface area contributed by atoms with E-state index in [-0.39, 0.29) is 12.3 Å². The molecule has 1 amide bonds. The van der Waals surface area contributed by atoms with E-state index in [1.54, 1.807) is 0 Å². The third-order valence-corrected chi connectivity index (χ3v) is 5.93. The summed E-state index contributed by atoms with van der Waals surface area (Å²) >= 11 is 2.97. The van der Waals surface area contributed by atoms with Crippen LogP contribution in [0.15, 0.2) is 40.7 Å². The Kier molecular flexibility index (Phi) is 6.45. The van der Waals surface area contributed by atoms with E-state index < -0.39 is 0 Å². The number of aromatic nitrogens is 2. The molecular weight excluding hydrogens is 388 g/mol. The molecule has 3 rings (SSSR count). The second kappa shape index (κ2) is 9.00. The average Bonchev–Trinajstić information content (AvgIpc) is 3.08. The molecule has 142 valence electrons. The molecule has 2 heterocycles. The Hall–Kier alpha value is -2.69. The summed E-state index contributed by atoms with van der Waals surface area (Å²) in [5.41, 5.74) is 5.27. The first-order valence-corrected chi connectivity index (χ1v) is 10.6. The van der Waals surface area contributed by atoms with E-state index in [1.165, 1.54) is 23.1 Å². The van der Waals surface area contributed by atoms with Gasteiger partial charge in [-0.05, 0) is 44.5 Å². The number of nitriles is 1. The van der Waals surface area contributed by atoms with Crippen LogP contribution in [-0.2, 0) is 17.0 Å². The largest absolute Gasteiger partial charge is 0.326 e. The van der Waals surface area contributed by atoms with Gasteiger partial charge in [-0.3, -0.25) is 4.79 Å². The summed E-state index contributed by atoms with van der Waals surface area (Å²) in [4.78, 5) is 21.2. The fourth-order valence-corrected chi connectivity index (χ4v) is 4.55. The Morgan fingerprint density at radius 1 is 1.21 bits per heavy atom. The summed E-state index contributed by atoms with van der Waals surface area (Å²) in [6.07, 6.45) is 0.245. The number of amides is 1. The smallest absolute Gasteiger partial charge is 0.231 e. The minimum Gasteiger partial charge on any atom is -0.326 e. The SMILES string of the molecule is Cc1ccc(NC(=O)Cc2nc(CSc3nc(C)cc(C)c3C#N)cs2)cc1. The summed E-state index contributed by atoms with van der Waals surface area (Å²) in [7, 11) is 0. The molecule has 2 aromatic heterocycles. The molecule has 0 radical (unpaired) electrons. The van der Waals surface area contributed by atoms with Crippen LogP contribution in [0.25, 0.3) is 0 Å². The zero-order valence-electron chi connectivity index (χ0n) is 15.9. The predicted octanol–water partition coefficient (Wildman–Crippen LogP) is 4.81. The van der Waals surface area contributed by atoms with E-state index in [9.17, 15) is 10.1 Å². The molecule has 0 fully saturated rings. The maximum atomic E-state index is 12.2. The monoisotopic (exact) mass is 408 g/mol. The molecule has 0 unspecified atom stereocenters. The van der Waals surface area contributed by atoms with E-state index in [4.69, 9.17) is 0 Å². The van der Waals surface area contributed by atoms with Crippen molar-refractivity contribution in [2.45, 2.75) is 38.0 Å². The highest BCUT2D eigenvalue weighted by molar-refractivity contribution is 7.98. The van der Waals surface area contributed by atoms with Crippen molar-refractivity contribution in [2.75, 3.05) is 5.32 Å². The van der Waals surface area contributed by atoms with Gasteiger partial charge in [0.05, 0.1) is 17.7 Å². The molecule has 0 aliphatic carbocycles. The number of carbonyl (C=O) groups is 1. The van der Waals surface area contributed by atoms with Gasteiger partial charge in [0.2, 0.25) is 5.91 Å². The van der Waals surface area contributed by atoms with Gasteiger partial charge in [0, 0.05) is 22.5 Å². The molecule has 1 N–H and O–H groups in total. The highest BCUT2D eigenvalue weighted by atomic mass is 32.2. The minimum atomic E-state index is -0.0832. The Morgan fingerprint density at radius 3 is 2.68 bits per heavy atom. The number of pyridine rings is 1. The Labute approximate surface area is 172 Å². The highest BCUT2D eigenvalue weighted by Gasteiger charge is 2.12.